The van der Waals surface area contributed by atoms with Crippen LogP contribution in [-0.4, -0.2) is 56.3 Å². The summed E-state index contributed by atoms with van der Waals surface area (Å²) < 4.78 is 5.87. The molecule has 0 saturated carbocycles. The molecule has 0 aromatic carbocycles. The largest absolute Gasteiger partial charge is 0.477 e. The minimum atomic E-state index is 0.329. The first kappa shape index (κ1) is 20.1. The van der Waals surface area contributed by atoms with Gasteiger partial charge in [0.15, 0.2) is 5.82 Å². The number of fused-ring (bicyclic) bond motifs is 3. The van der Waals surface area contributed by atoms with Crippen LogP contribution in [0.15, 0.2) is 6.07 Å². The topological polar surface area (TPSA) is 115 Å². The van der Waals surface area contributed by atoms with E-state index in [-0.39, 0.29) is 0 Å². The molecule has 5 rings (SSSR count). The van der Waals surface area contributed by atoms with Gasteiger partial charge < -0.3 is 15.4 Å². The van der Waals surface area contributed by atoms with E-state index >= 15 is 0 Å². The highest BCUT2D eigenvalue weighted by Gasteiger charge is 2.38. The third-order valence-corrected chi connectivity index (χ3v) is 6.67. The summed E-state index contributed by atoms with van der Waals surface area (Å²) in [5, 5.41) is 23.2. The zero-order valence-corrected chi connectivity index (χ0v) is 18.0. The lowest BCUT2D eigenvalue weighted by Gasteiger charge is -2.48. The minimum Gasteiger partial charge on any atom is -0.477 e. The monoisotopic (exact) mass is 422 g/mol. The van der Waals surface area contributed by atoms with Gasteiger partial charge in [-0.05, 0) is 45.4 Å². The maximum Gasteiger partial charge on any atom is 0.228 e. The van der Waals surface area contributed by atoms with Crippen LogP contribution in [0, 0.1) is 18.3 Å². The molecule has 9 heteroatoms. The summed E-state index contributed by atoms with van der Waals surface area (Å²) in [4.78, 5) is 12.1. The molecule has 3 aliphatic heterocycles. The van der Waals surface area contributed by atoms with Gasteiger partial charge in [0, 0.05) is 42.9 Å². The van der Waals surface area contributed by atoms with Gasteiger partial charge in [-0.1, -0.05) is 6.42 Å². The Morgan fingerprint density at radius 2 is 2.10 bits per heavy atom. The van der Waals surface area contributed by atoms with Crippen LogP contribution in [0.1, 0.15) is 56.2 Å². The van der Waals surface area contributed by atoms with E-state index in [4.69, 9.17) is 20.0 Å². The number of hydrogen-bond donors (Lipinski definition) is 3. The number of aryl methyl sites for hydroxylation is 1. The second-order valence-corrected chi connectivity index (χ2v) is 8.89. The fourth-order valence-corrected chi connectivity index (χ4v) is 5.32. The lowest BCUT2D eigenvalue weighted by Crippen LogP contribution is -2.55. The van der Waals surface area contributed by atoms with E-state index in [0.717, 1.165) is 55.1 Å². The Labute approximate surface area is 182 Å². The molecular formula is C22H30N8O. The number of nitriles is 1. The maximum atomic E-state index is 9.01. The van der Waals surface area contributed by atoms with E-state index in [9.17, 15) is 0 Å². The number of nitrogens with zero attached hydrogens (tertiary/aromatic N) is 5. The summed E-state index contributed by atoms with van der Waals surface area (Å²) in [5.41, 5.74) is 2.01. The Balaban J connectivity index is 1.34. The van der Waals surface area contributed by atoms with Crippen molar-refractivity contribution in [2.75, 3.05) is 23.8 Å². The maximum absolute atomic E-state index is 9.01. The Morgan fingerprint density at radius 1 is 1.26 bits per heavy atom. The minimum absolute atomic E-state index is 0.329. The van der Waals surface area contributed by atoms with E-state index in [1.165, 1.54) is 19.3 Å². The number of piperidine rings is 2. The molecule has 2 aromatic heterocycles. The average Bonchev–Trinajstić information content (AvgIpc) is 3.17. The van der Waals surface area contributed by atoms with Crippen LogP contribution in [0.5, 0.6) is 5.88 Å². The molecule has 9 nitrogen and oxygen atoms in total. The van der Waals surface area contributed by atoms with Gasteiger partial charge in [-0.25, -0.2) is 0 Å². The molecular weight excluding hydrogens is 392 g/mol. The van der Waals surface area contributed by atoms with Crippen LogP contribution in [0.25, 0.3) is 0 Å². The van der Waals surface area contributed by atoms with Crippen LogP contribution in [0.4, 0.5) is 17.6 Å². The van der Waals surface area contributed by atoms with Crippen LogP contribution < -0.4 is 15.4 Å². The molecule has 2 bridgehead atoms. The van der Waals surface area contributed by atoms with Gasteiger partial charge in [0.05, 0.1) is 18.2 Å². The first-order chi connectivity index (χ1) is 15.2. The number of aromatic amines is 1. The summed E-state index contributed by atoms with van der Waals surface area (Å²) >= 11 is 0. The van der Waals surface area contributed by atoms with Gasteiger partial charge in [0.1, 0.15) is 5.82 Å². The molecule has 2 aromatic rings. The van der Waals surface area contributed by atoms with Crippen molar-refractivity contribution in [2.24, 2.45) is 0 Å². The van der Waals surface area contributed by atoms with Crippen molar-refractivity contribution in [2.45, 2.75) is 76.4 Å². The lowest BCUT2D eigenvalue weighted by molar-refractivity contribution is 0.0369. The third kappa shape index (κ3) is 4.30. The smallest absolute Gasteiger partial charge is 0.228 e. The van der Waals surface area contributed by atoms with E-state index in [0.29, 0.717) is 43.0 Å². The van der Waals surface area contributed by atoms with Gasteiger partial charge in [-0.3, -0.25) is 10.00 Å². The molecule has 5 heterocycles. The quantitative estimate of drug-likeness (QED) is 0.650. The summed E-state index contributed by atoms with van der Waals surface area (Å²) in [5.74, 6) is 2.80. The highest BCUT2D eigenvalue weighted by molar-refractivity contribution is 5.61. The van der Waals surface area contributed by atoms with Crippen LogP contribution >= 0.6 is 0 Å². The number of hydrogen-bond acceptors (Lipinski definition) is 8. The Bertz CT molecular complexity index is 953. The molecule has 3 aliphatic rings. The fourth-order valence-electron chi connectivity index (χ4n) is 5.32. The number of anilines is 3. The highest BCUT2D eigenvalue weighted by Crippen LogP contribution is 2.36. The summed E-state index contributed by atoms with van der Waals surface area (Å²) in [7, 11) is 0. The molecule has 1 unspecified atom stereocenters. The molecule has 2 saturated heterocycles. The summed E-state index contributed by atoms with van der Waals surface area (Å²) in [6, 6.07) is 5.68. The van der Waals surface area contributed by atoms with Crippen molar-refractivity contribution < 1.29 is 4.74 Å². The van der Waals surface area contributed by atoms with E-state index < -0.39 is 0 Å². The second kappa shape index (κ2) is 8.71. The molecule has 0 radical (unpaired) electrons. The van der Waals surface area contributed by atoms with Gasteiger partial charge in [-0.15, -0.1) is 0 Å². The number of H-pyrrole nitrogens is 1. The molecule has 31 heavy (non-hydrogen) atoms. The number of aromatic nitrogens is 4. The van der Waals surface area contributed by atoms with E-state index in [1.54, 1.807) is 0 Å². The van der Waals surface area contributed by atoms with Crippen molar-refractivity contribution in [1.29, 1.82) is 5.26 Å². The summed E-state index contributed by atoms with van der Waals surface area (Å²) in [6.07, 6.45) is 8.28. The van der Waals surface area contributed by atoms with Crippen LogP contribution in [-0.2, 0) is 6.42 Å². The van der Waals surface area contributed by atoms with Gasteiger partial charge >= 0.3 is 0 Å². The predicted octanol–water partition coefficient (Wildman–Crippen LogP) is 3.29. The van der Waals surface area contributed by atoms with Crippen molar-refractivity contribution in [3.63, 3.8) is 0 Å². The normalized spacial score (nSPS) is 25.2. The van der Waals surface area contributed by atoms with Crippen LogP contribution in [0.2, 0.25) is 0 Å². The van der Waals surface area contributed by atoms with Gasteiger partial charge in [-0.2, -0.15) is 20.3 Å². The van der Waals surface area contributed by atoms with Crippen molar-refractivity contribution in [3.8, 4) is 11.9 Å². The lowest BCUT2D eigenvalue weighted by atomic mass is 9.81. The summed E-state index contributed by atoms with van der Waals surface area (Å²) in [6.45, 7) is 3.55. The Kier molecular flexibility index (Phi) is 5.64. The third-order valence-electron chi connectivity index (χ3n) is 6.67. The number of rotatable bonds is 6. The average molecular weight is 423 g/mol. The number of nitrogens with one attached hydrogen (secondary N) is 3. The first-order valence-corrected chi connectivity index (χ1v) is 11.4. The zero-order chi connectivity index (χ0) is 21.2. The van der Waals surface area contributed by atoms with Gasteiger partial charge in [0.2, 0.25) is 11.8 Å². The van der Waals surface area contributed by atoms with Crippen molar-refractivity contribution >= 4 is 17.6 Å². The highest BCUT2D eigenvalue weighted by atomic mass is 16.5. The first-order valence-electron chi connectivity index (χ1n) is 11.4. The predicted molar refractivity (Wildman–Crippen MR) is 117 cm³/mol. The molecule has 0 amide bonds. The van der Waals surface area contributed by atoms with Crippen molar-refractivity contribution in [1.82, 2.24) is 25.1 Å². The van der Waals surface area contributed by atoms with Crippen LogP contribution in [0.3, 0.4) is 0 Å². The SMILES string of the molecule is Cc1cc(Nc2nc(NC3C[C@H]4CCC[C@@H](C3)N4CCC#N)nc3c2CCCO3)n[nH]1. The molecule has 0 spiro atoms. The molecule has 3 N–H and O–H groups in total. The molecule has 2 fully saturated rings. The Morgan fingerprint density at radius 3 is 2.84 bits per heavy atom. The standard InChI is InChI=1S/C22H30N8O/c1-14-11-19(29-28-14)25-20-18-7-3-10-31-21(18)27-22(26-20)24-15-12-16-5-2-6-17(13-15)30(16)9-4-8-23/h11,15-17H,2-7,9-10,12-13H2,1H3,(H3,24,25,26,27,28,29)/t15?,16-,17+. The van der Waals surface area contributed by atoms with Gasteiger partial charge in [0.25, 0.3) is 0 Å². The second-order valence-electron chi connectivity index (χ2n) is 8.89. The number of ether oxygens (including phenoxy) is 1. The molecule has 164 valence electrons. The molecule has 3 atom stereocenters. The van der Waals surface area contributed by atoms with E-state index in [2.05, 4.69) is 31.8 Å². The zero-order valence-electron chi connectivity index (χ0n) is 18.0. The fraction of sp³-hybridized carbons (Fsp3) is 0.636. The van der Waals surface area contributed by atoms with Crippen molar-refractivity contribution in [3.05, 3.63) is 17.3 Å². The molecule has 0 aliphatic carbocycles. The Hall–Kier alpha value is -2.86. The van der Waals surface area contributed by atoms with E-state index in [1.807, 2.05) is 13.0 Å².